The molecule has 4 rings (SSSR count). The maximum atomic E-state index is 13.4. The summed E-state index contributed by atoms with van der Waals surface area (Å²) < 4.78 is 20.4. The van der Waals surface area contributed by atoms with E-state index in [0.717, 1.165) is 30.0 Å². The van der Waals surface area contributed by atoms with Crippen LogP contribution in [-0.4, -0.2) is 39.5 Å². The van der Waals surface area contributed by atoms with Gasteiger partial charge in [-0.05, 0) is 43.5 Å². The van der Waals surface area contributed by atoms with Crippen molar-refractivity contribution in [3.63, 3.8) is 0 Å². The summed E-state index contributed by atoms with van der Waals surface area (Å²) in [6.07, 6.45) is 0.594. The van der Waals surface area contributed by atoms with Gasteiger partial charge in [0.2, 0.25) is 0 Å². The van der Waals surface area contributed by atoms with Crippen molar-refractivity contribution in [2.45, 2.75) is 45.9 Å². The quantitative estimate of drug-likeness (QED) is 0.566. The van der Waals surface area contributed by atoms with E-state index in [1.165, 1.54) is 24.0 Å². The molecule has 1 amide bonds. The van der Waals surface area contributed by atoms with Crippen LogP contribution < -0.4 is 5.56 Å². The molecule has 0 bridgehead atoms. The highest BCUT2D eigenvalue weighted by Gasteiger charge is 2.27. The normalized spacial score (nSPS) is 13.8. The van der Waals surface area contributed by atoms with E-state index in [2.05, 4.69) is 4.98 Å². The molecule has 0 aliphatic carbocycles. The van der Waals surface area contributed by atoms with E-state index >= 15 is 0 Å². The monoisotopic (exact) mass is 443 g/mol. The average molecular weight is 444 g/mol. The minimum absolute atomic E-state index is 0.135. The fourth-order valence-electron chi connectivity index (χ4n) is 3.83. The van der Waals surface area contributed by atoms with Gasteiger partial charge in [-0.1, -0.05) is 12.1 Å². The molecule has 0 saturated heterocycles. The predicted molar refractivity (Wildman–Crippen MR) is 115 cm³/mol. The first-order valence-electron chi connectivity index (χ1n) is 9.99. The SMILES string of the molecule is Cc1c(C(=O)O[C@H](C)C(=O)N(C)Cc2cccc(F)c2)sc2nc3n(c(=O)c12)CCC3. The van der Waals surface area contributed by atoms with Crippen molar-refractivity contribution in [3.05, 3.63) is 62.3 Å². The van der Waals surface area contributed by atoms with E-state index in [0.29, 0.717) is 27.9 Å². The Morgan fingerprint density at radius 1 is 1.39 bits per heavy atom. The maximum absolute atomic E-state index is 13.4. The second kappa shape index (κ2) is 8.22. The number of halogens is 1. The minimum atomic E-state index is -1.03. The molecule has 162 valence electrons. The number of fused-ring (bicyclic) bond motifs is 2. The molecule has 1 aliphatic heterocycles. The summed E-state index contributed by atoms with van der Waals surface area (Å²) in [5.74, 6) is -0.714. The lowest BCUT2D eigenvalue weighted by molar-refractivity contribution is -0.139. The van der Waals surface area contributed by atoms with Crippen LogP contribution in [0.5, 0.6) is 0 Å². The van der Waals surface area contributed by atoms with Crippen LogP contribution in [0, 0.1) is 12.7 Å². The summed E-state index contributed by atoms with van der Waals surface area (Å²) in [7, 11) is 1.56. The Labute approximate surface area is 182 Å². The van der Waals surface area contributed by atoms with Crippen molar-refractivity contribution in [2.75, 3.05) is 7.05 Å². The zero-order valence-electron chi connectivity index (χ0n) is 17.5. The van der Waals surface area contributed by atoms with Crippen LogP contribution in [0.15, 0.2) is 29.1 Å². The average Bonchev–Trinajstić information content (AvgIpc) is 3.32. The van der Waals surface area contributed by atoms with E-state index in [-0.39, 0.29) is 22.8 Å². The molecule has 31 heavy (non-hydrogen) atoms. The Hall–Kier alpha value is -3.07. The zero-order chi connectivity index (χ0) is 22.3. The number of amides is 1. The lowest BCUT2D eigenvalue weighted by Gasteiger charge is -2.21. The lowest BCUT2D eigenvalue weighted by Crippen LogP contribution is -2.37. The summed E-state index contributed by atoms with van der Waals surface area (Å²) in [5, 5.41) is 0.435. The molecule has 0 N–H and O–H groups in total. The summed E-state index contributed by atoms with van der Waals surface area (Å²) in [4.78, 5) is 44.9. The van der Waals surface area contributed by atoms with Crippen LogP contribution in [0.2, 0.25) is 0 Å². The van der Waals surface area contributed by atoms with E-state index in [1.807, 2.05) is 0 Å². The molecule has 7 nitrogen and oxygen atoms in total. The van der Waals surface area contributed by atoms with Gasteiger partial charge >= 0.3 is 5.97 Å². The maximum Gasteiger partial charge on any atom is 0.349 e. The number of aromatic nitrogens is 2. The van der Waals surface area contributed by atoms with Gasteiger partial charge in [0.05, 0.1) is 5.39 Å². The fourth-order valence-corrected chi connectivity index (χ4v) is 4.91. The Morgan fingerprint density at radius 2 is 2.16 bits per heavy atom. The summed E-state index contributed by atoms with van der Waals surface area (Å²) in [6.45, 7) is 4.01. The number of likely N-dealkylation sites (N-methyl/N-ethyl adjacent to an activating group) is 1. The molecule has 0 fully saturated rings. The van der Waals surface area contributed by atoms with Crippen LogP contribution >= 0.6 is 11.3 Å². The Morgan fingerprint density at radius 3 is 2.90 bits per heavy atom. The molecule has 3 aromatic rings. The number of ether oxygens (including phenoxy) is 1. The number of carbonyl (C=O) groups excluding carboxylic acids is 2. The topological polar surface area (TPSA) is 81.5 Å². The number of aryl methyl sites for hydroxylation is 2. The van der Waals surface area contributed by atoms with Crippen LogP contribution in [-0.2, 0) is 29.0 Å². The third kappa shape index (κ3) is 3.97. The molecule has 3 heterocycles. The summed E-state index contributed by atoms with van der Waals surface area (Å²) in [6, 6.07) is 5.97. The van der Waals surface area contributed by atoms with Crippen LogP contribution in [0.4, 0.5) is 4.39 Å². The number of esters is 1. The van der Waals surface area contributed by atoms with Gasteiger partial charge in [-0.2, -0.15) is 0 Å². The number of benzene rings is 1. The number of carbonyl (C=O) groups is 2. The minimum Gasteiger partial charge on any atom is -0.448 e. The second-order valence-electron chi connectivity index (χ2n) is 7.70. The first-order valence-corrected chi connectivity index (χ1v) is 10.8. The van der Waals surface area contributed by atoms with Crippen molar-refractivity contribution < 1.29 is 18.7 Å². The van der Waals surface area contributed by atoms with Gasteiger partial charge in [-0.25, -0.2) is 14.2 Å². The highest BCUT2D eigenvalue weighted by Crippen LogP contribution is 2.29. The molecule has 0 saturated carbocycles. The van der Waals surface area contributed by atoms with Gasteiger partial charge in [0.1, 0.15) is 21.3 Å². The van der Waals surface area contributed by atoms with Gasteiger partial charge in [0, 0.05) is 26.6 Å². The summed E-state index contributed by atoms with van der Waals surface area (Å²) >= 11 is 1.11. The first-order chi connectivity index (χ1) is 14.8. The number of rotatable bonds is 5. The molecule has 0 spiro atoms. The standard InChI is InChI=1S/C22H22FN3O4S/c1-12-17-19(24-16-8-5-9-26(16)21(17)28)31-18(12)22(29)30-13(2)20(27)25(3)11-14-6-4-7-15(23)10-14/h4,6-7,10,13H,5,8-9,11H2,1-3H3/t13-/m1/s1. The second-order valence-corrected chi connectivity index (χ2v) is 8.70. The van der Waals surface area contributed by atoms with E-state index in [4.69, 9.17) is 4.74 Å². The highest BCUT2D eigenvalue weighted by atomic mass is 32.1. The van der Waals surface area contributed by atoms with Gasteiger partial charge in [-0.3, -0.25) is 14.2 Å². The van der Waals surface area contributed by atoms with Gasteiger partial charge in [-0.15, -0.1) is 11.3 Å². The van der Waals surface area contributed by atoms with Crippen molar-refractivity contribution in [1.82, 2.24) is 14.5 Å². The third-order valence-corrected chi connectivity index (χ3v) is 6.58. The molecule has 1 aromatic carbocycles. The molecular formula is C22H22FN3O4S. The molecule has 0 unspecified atom stereocenters. The van der Waals surface area contributed by atoms with Crippen LogP contribution in [0.1, 0.15) is 40.0 Å². The van der Waals surface area contributed by atoms with Gasteiger partial charge < -0.3 is 9.64 Å². The number of hydrogen-bond acceptors (Lipinski definition) is 6. The molecule has 1 atom stereocenters. The number of hydrogen-bond donors (Lipinski definition) is 0. The van der Waals surface area contributed by atoms with E-state index in [9.17, 15) is 18.8 Å². The zero-order valence-corrected chi connectivity index (χ0v) is 18.3. The smallest absolute Gasteiger partial charge is 0.349 e. The predicted octanol–water partition coefficient (Wildman–Crippen LogP) is 3.06. The van der Waals surface area contributed by atoms with Crippen LogP contribution in [0.3, 0.4) is 0 Å². The Balaban J connectivity index is 1.50. The van der Waals surface area contributed by atoms with Gasteiger partial charge in [0.15, 0.2) is 6.10 Å². The largest absolute Gasteiger partial charge is 0.448 e. The van der Waals surface area contributed by atoms with Gasteiger partial charge in [0.25, 0.3) is 11.5 Å². The third-order valence-electron chi connectivity index (χ3n) is 5.41. The number of thiophene rings is 1. The Kier molecular flexibility index (Phi) is 5.62. The summed E-state index contributed by atoms with van der Waals surface area (Å²) in [5.41, 5.74) is 1.02. The van der Waals surface area contributed by atoms with Crippen molar-refractivity contribution in [3.8, 4) is 0 Å². The highest BCUT2D eigenvalue weighted by molar-refractivity contribution is 7.20. The van der Waals surface area contributed by atoms with E-state index in [1.54, 1.807) is 30.7 Å². The Bertz CT molecular complexity index is 1250. The van der Waals surface area contributed by atoms with Crippen molar-refractivity contribution >= 4 is 33.4 Å². The molecule has 1 aliphatic rings. The lowest BCUT2D eigenvalue weighted by atomic mass is 10.2. The molecule has 2 aromatic heterocycles. The molecule has 9 heteroatoms. The molecule has 0 radical (unpaired) electrons. The van der Waals surface area contributed by atoms with Crippen molar-refractivity contribution in [2.24, 2.45) is 0 Å². The fraction of sp³-hybridized carbons (Fsp3) is 0.364. The molecular weight excluding hydrogens is 421 g/mol. The van der Waals surface area contributed by atoms with Crippen LogP contribution in [0.25, 0.3) is 10.2 Å². The van der Waals surface area contributed by atoms with Crippen molar-refractivity contribution in [1.29, 1.82) is 0 Å². The van der Waals surface area contributed by atoms with E-state index < -0.39 is 18.0 Å². The first kappa shape index (κ1) is 21.2. The number of nitrogens with zero attached hydrogens (tertiary/aromatic N) is 3.